The third-order valence-corrected chi connectivity index (χ3v) is 6.95. The summed E-state index contributed by atoms with van der Waals surface area (Å²) in [6, 6.07) is 0.163. The molecule has 3 heterocycles. The molecule has 4 rings (SSSR count). The van der Waals surface area contributed by atoms with Gasteiger partial charge in [0.15, 0.2) is 0 Å². The number of piperidine rings is 1. The van der Waals surface area contributed by atoms with Crippen LogP contribution < -0.4 is 15.5 Å². The van der Waals surface area contributed by atoms with Crippen molar-refractivity contribution in [2.24, 2.45) is 5.41 Å². The Morgan fingerprint density at radius 1 is 1.16 bits per heavy atom. The molecule has 1 aromatic rings. The van der Waals surface area contributed by atoms with E-state index in [1.807, 2.05) is 0 Å². The second kappa shape index (κ2) is 7.07. The van der Waals surface area contributed by atoms with E-state index in [2.05, 4.69) is 37.7 Å². The molecule has 0 bridgehead atoms. The molecule has 2 N–H and O–H groups in total. The van der Waals surface area contributed by atoms with Crippen LogP contribution in [0.15, 0.2) is 0 Å². The van der Waals surface area contributed by atoms with Crippen molar-refractivity contribution in [1.82, 2.24) is 20.4 Å². The van der Waals surface area contributed by atoms with Gasteiger partial charge in [0.25, 0.3) is 0 Å². The summed E-state index contributed by atoms with van der Waals surface area (Å²) in [6.45, 7) is 4.53. The average molecular weight is 365 g/mol. The largest absolute Gasteiger partial charge is 0.347 e. The van der Waals surface area contributed by atoms with E-state index in [9.17, 15) is 4.79 Å². The van der Waals surface area contributed by atoms with Gasteiger partial charge in [-0.05, 0) is 51.1 Å². The monoisotopic (exact) mass is 364 g/mol. The summed E-state index contributed by atoms with van der Waals surface area (Å²) in [4.78, 5) is 16.8. The number of nitrogens with one attached hydrogen (secondary N) is 2. The Labute approximate surface area is 153 Å². The van der Waals surface area contributed by atoms with E-state index in [1.54, 1.807) is 0 Å². The molecule has 0 aromatic carbocycles. The minimum Gasteiger partial charge on any atom is -0.347 e. The third-order valence-electron chi connectivity index (χ3n) is 6.05. The number of aromatic nitrogens is 2. The maximum absolute atomic E-state index is 12.1. The first-order valence-electron chi connectivity index (χ1n) is 9.46. The minimum absolute atomic E-state index is 0.152. The molecule has 25 heavy (non-hydrogen) atoms. The highest BCUT2D eigenvalue weighted by Crippen LogP contribution is 2.41. The number of urea groups is 1. The van der Waals surface area contributed by atoms with Gasteiger partial charge in [-0.2, -0.15) is 0 Å². The van der Waals surface area contributed by atoms with Gasteiger partial charge in [0.1, 0.15) is 0 Å². The van der Waals surface area contributed by atoms with Gasteiger partial charge < -0.3 is 15.1 Å². The Morgan fingerprint density at radius 2 is 1.88 bits per heavy atom. The predicted octanol–water partition coefficient (Wildman–Crippen LogP) is 2.52. The van der Waals surface area contributed by atoms with Crippen LogP contribution in [-0.4, -0.2) is 60.4 Å². The number of carbonyl (C=O) groups is 1. The Bertz CT molecular complexity index is 606. The number of hydrogen-bond acceptors (Lipinski definition) is 6. The van der Waals surface area contributed by atoms with Gasteiger partial charge in [-0.15, -0.1) is 10.2 Å². The fourth-order valence-corrected chi connectivity index (χ4v) is 5.31. The van der Waals surface area contributed by atoms with Crippen LogP contribution in [0, 0.1) is 5.41 Å². The van der Waals surface area contributed by atoms with E-state index in [-0.39, 0.29) is 6.03 Å². The standard InChI is InChI=1S/C17H28N6OS/c1-22-9-6-17(12-22)7-10-23(11-8-17)16-21-20-15(25-16)19-14(24)18-13-4-2-3-5-13/h13H,2-12H2,1H3,(H2,18,19,20,24). The summed E-state index contributed by atoms with van der Waals surface area (Å²) in [7, 11) is 2.22. The molecule has 2 amide bonds. The summed E-state index contributed by atoms with van der Waals surface area (Å²) >= 11 is 1.48. The molecule has 1 aromatic heterocycles. The third kappa shape index (κ3) is 3.89. The fraction of sp³-hybridized carbons (Fsp3) is 0.824. The summed E-state index contributed by atoms with van der Waals surface area (Å²) in [6.07, 6.45) is 8.35. The number of likely N-dealkylation sites (tertiary alicyclic amines) is 1. The molecule has 1 spiro atoms. The summed E-state index contributed by atoms with van der Waals surface area (Å²) in [5.41, 5.74) is 0.512. The quantitative estimate of drug-likeness (QED) is 0.862. The summed E-state index contributed by atoms with van der Waals surface area (Å²) in [5, 5.41) is 15.8. The molecule has 7 nitrogen and oxygen atoms in total. The van der Waals surface area contributed by atoms with E-state index in [0.29, 0.717) is 16.6 Å². The number of anilines is 2. The second-order valence-corrected chi connectivity index (χ2v) is 8.90. The van der Waals surface area contributed by atoms with Gasteiger partial charge in [-0.25, -0.2) is 4.79 Å². The highest BCUT2D eigenvalue weighted by atomic mass is 32.1. The van der Waals surface area contributed by atoms with E-state index in [4.69, 9.17) is 0 Å². The molecule has 2 saturated heterocycles. The SMILES string of the molecule is CN1CCC2(CCN(c3nnc(NC(=O)NC4CCCC4)s3)CC2)C1. The van der Waals surface area contributed by atoms with Crippen LogP contribution in [0.25, 0.3) is 0 Å². The molecular weight excluding hydrogens is 336 g/mol. The Hall–Kier alpha value is -1.41. The Morgan fingerprint density at radius 3 is 2.56 bits per heavy atom. The van der Waals surface area contributed by atoms with Crippen LogP contribution in [0.1, 0.15) is 44.9 Å². The van der Waals surface area contributed by atoms with E-state index < -0.39 is 0 Å². The molecule has 3 fully saturated rings. The minimum atomic E-state index is -0.152. The Balaban J connectivity index is 1.29. The van der Waals surface area contributed by atoms with Gasteiger partial charge in [0.2, 0.25) is 10.3 Å². The second-order valence-electron chi connectivity index (χ2n) is 7.94. The van der Waals surface area contributed by atoms with Crippen LogP contribution >= 0.6 is 11.3 Å². The topological polar surface area (TPSA) is 73.4 Å². The maximum atomic E-state index is 12.1. The van der Waals surface area contributed by atoms with Crippen LogP contribution in [-0.2, 0) is 0 Å². The van der Waals surface area contributed by atoms with Gasteiger partial charge in [-0.1, -0.05) is 24.2 Å². The number of nitrogens with zero attached hydrogens (tertiary/aromatic N) is 4. The molecule has 8 heteroatoms. The lowest BCUT2D eigenvalue weighted by molar-refractivity contribution is 0.222. The average Bonchev–Trinajstić information content (AvgIpc) is 3.32. The van der Waals surface area contributed by atoms with Crippen LogP contribution in [0.5, 0.6) is 0 Å². The Kier molecular flexibility index (Phi) is 4.82. The van der Waals surface area contributed by atoms with Crippen LogP contribution in [0.3, 0.4) is 0 Å². The fourth-order valence-electron chi connectivity index (χ4n) is 4.52. The normalized spacial score (nSPS) is 24.1. The highest BCUT2D eigenvalue weighted by molar-refractivity contribution is 7.19. The van der Waals surface area contributed by atoms with Crippen molar-refractivity contribution in [3.8, 4) is 0 Å². The van der Waals surface area contributed by atoms with Crippen molar-refractivity contribution < 1.29 is 4.79 Å². The van der Waals surface area contributed by atoms with Crippen molar-refractivity contribution in [3.05, 3.63) is 0 Å². The lowest BCUT2D eigenvalue weighted by Crippen LogP contribution is -2.41. The van der Waals surface area contributed by atoms with Crippen molar-refractivity contribution in [2.75, 3.05) is 43.4 Å². The van der Waals surface area contributed by atoms with Gasteiger partial charge in [0, 0.05) is 25.7 Å². The van der Waals surface area contributed by atoms with Crippen LogP contribution in [0.2, 0.25) is 0 Å². The molecule has 2 aliphatic heterocycles. The van der Waals surface area contributed by atoms with Gasteiger partial charge in [0.05, 0.1) is 0 Å². The zero-order chi connectivity index (χ0) is 17.3. The highest BCUT2D eigenvalue weighted by Gasteiger charge is 2.39. The van der Waals surface area contributed by atoms with Crippen molar-refractivity contribution in [1.29, 1.82) is 0 Å². The molecule has 1 aliphatic carbocycles. The number of hydrogen-bond donors (Lipinski definition) is 2. The number of rotatable bonds is 3. The first kappa shape index (κ1) is 17.0. The van der Waals surface area contributed by atoms with E-state index >= 15 is 0 Å². The van der Waals surface area contributed by atoms with Gasteiger partial charge >= 0.3 is 6.03 Å². The lowest BCUT2D eigenvalue weighted by Gasteiger charge is -2.38. The van der Waals surface area contributed by atoms with Crippen LogP contribution in [0.4, 0.5) is 15.1 Å². The molecule has 0 radical (unpaired) electrons. The molecule has 0 unspecified atom stereocenters. The van der Waals surface area contributed by atoms with Gasteiger partial charge in [-0.3, -0.25) is 5.32 Å². The molecule has 138 valence electrons. The first-order valence-corrected chi connectivity index (χ1v) is 10.3. The number of carbonyl (C=O) groups excluding carboxylic acids is 1. The molecule has 0 atom stereocenters. The smallest absolute Gasteiger partial charge is 0.321 e. The summed E-state index contributed by atoms with van der Waals surface area (Å²) < 4.78 is 0. The van der Waals surface area contributed by atoms with Crippen molar-refractivity contribution in [3.63, 3.8) is 0 Å². The summed E-state index contributed by atoms with van der Waals surface area (Å²) in [5.74, 6) is 0. The van der Waals surface area contributed by atoms with E-state index in [1.165, 1.54) is 56.5 Å². The zero-order valence-electron chi connectivity index (χ0n) is 15.0. The van der Waals surface area contributed by atoms with Crippen molar-refractivity contribution >= 4 is 27.6 Å². The molecular formula is C17H28N6OS. The zero-order valence-corrected chi connectivity index (χ0v) is 15.8. The maximum Gasteiger partial charge on any atom is 0.321 e. The lowest BCUT2D eigenvalue weighted by atomic mass is 9.78. The molecule has 1 saturated carbocycles. The first-order chi connectivity index (χ1) is 12.1. The van der Waals surface area contributed by atoms with E-state index in [0.717, 1.165) is 31.1 Å². The molecule has 3 aliphatic rings. The van der Waals surface area contributed by atoms with Crippen molar-refractivity contribution in [2.45, 2.75) is 51.0 Å². The predicted molar refractivity (Wildman–Crippen MR) is 100 cm³/mol. The number of amides is 2.